The third-order valence-corrected chi connectivity index (χ3v) is 6.59. The molecular formula is C28H27N3O4. The van der Waals surface area contributed by atoms with Gasteiger partial charge in [-0.15, -0.1) is 0 Å². The molecule has 0 radical (unpaired) electrons. The van der Waals surface area contributed by atoms with Crippen LogP contribution in [0.15, 0.2) is 60.7 Å². The fourth-order valence-corrected chi connectivity index (χ4v) is 4.36. The summed E-state index contributed by atoms with van der Waals surface area (Å²) in [7, 11) is 0. The van der Waals surface area contributed by atoms with E-state index >= 15 is 0 Å². The molecule has 1 aliphatic carbocycles. The molecule has 0 spiro atoms. The summed E-state index contributed by atoms with van der Waals surface area (Å²) in [5.74, 6) is 1.15. The topological polar surface area (TPSA) is 100 Å². The van der Waals surface area contributed by atoms with Gasteiger partial charge in [0.2, 0.25) is 12.7 Å². The molecule has 2 aliphatic rings. The van der Waals surface area contributed by atoms with E-state index in [1.807, 2.05) is 61.5 Å². The van der Waals surface area contributed by atoms with Crippen LogP contribution in [0, 0.1) is 18.3 Å². The van der Waals surface area contributed by atoms with E-state index in [1.54, 1.807) is 12.1 Å². The highest BCUT2D eigenvalue weighted by atomic mass is 16.7. The average molecular weight is 470 g/mol. The van der Waals surface area contributed by atoms with Crippen LogP contribution >= 0.6 is 0 Å². The lowest BCUT2D eigenvalue weighted by atomic mass is 9.94. The molecule has 2 amide bonds. The lowest BCUT2D eigenvalue weighted by molar-refractivity contribution is -0.118. The predicted octanol–water partition coefficient (Wildman–Crippen LogP) is 4.95. The molecule has 1 fully saturated rings. The van der Waals surface area contributed by atoms with E-state index in [4.69, 9.17) is 14.7 Å². The van der Waals surface area contributed by atoms with Gasteiger partial charge in [-0.05, 0) is 78.4 Å². The van der Waals surface area contributed by atoms with Crippen molar-refractivity contribution in [3.8, 4) is 28.7 Å². The maximum Gasteiger partial charge on any atom is 0.251 e. The second kappa shape index (κ2) is 9.15. The third kappa shape index (κ3) is 4.43. The van der Waals surface area contributed by atoms with Crippen molar-refractivity contribution in [2.24, 2.45) is 0 Å². The molecule has 1 aliphatic heterocycles. The summed E-state index contributed by atoms with van der Waals surface area (Å²) in [4.78, 5) is 25.5. The van der Waals surface area contributed by atoms with Gasteiger partial charge < -0.3 is 20.1 Å². The Balaban J connectivity index is 0.00000304. The molecule has 7 nitrogen and oxygen atoms in total. The minimum atomic E-state index is -0.549. The number of nitriles is 1. The summed E-state index contributed by atoms with van der Waals surface area (Å²) in [6.07, 6.45) is 1.85. The van der Waals surface area contributed by atoms with E-state index in [0.717, 1.165) is 40.8 Å². The van der Waals surface area contributed by atoms with Gasteiger partial charge in [0.1, 0.15) is 0 Å². The van der Waals surface area contributed by atoms with Gasteiger partial charge in [0.05, 0.1) is 17.9 Å². The highest BCUT2D eigenvalue weighted by molar-refractivity contribution is 6.02. The number of anilines is 1. The van der Waals surface area contributed by atoms with Crippen LogP contribution in [0.2, 0.25) is 0 Å². The van der Waals surface area contributed by atoms with Crippen molar-refractivity contribution in [2.75, 3.05) is 18.7 Å². The van der Waals surface area contributed by atoms with Crippen molar-refractivity contribution in [1.82, 2.24) is 5.32 Å². The summed E-state index contributed by atoms with van der Waals surface area (Å²) < 4.78 is 10.9. The second-order valence-electron chi connectivity index (χ2n) is 8.88. The maximum absolute atomic E-state index is 13.3. The van der Waals surface area contributed by atoms with Crippen LogP contribution in [0.4, 0.5) is 5.69 Å². The smallest absolute Gasteiger partial charge is 0.251 e. The van der Waals surface area contributed by atoms with Gasteiger partial charge >= 0.3 is 0 Å². The van der Waals surface area contributed by atoms with Gasteiger partial charge in [0.15, 0.2) is 11.5 Å². The van der Waals surface area contributed by atoms with Crippen LogP contribution in [0.25, 0.3) is 11.1 Å². The van der Waals surface area contributed by atoms with Gasteiger partial charge in [-0.25, -0.2) is 0 Å². The Morgan fingerprint density at radius 2 is 1.80 bits per heavy atom. The van der Waals surface area contributed by atoms with Crippen LogP contribution in [-0.2, 0) is 10.2 Å². The second-order valence-corrected chi connectivity index (χ2v) is 8.88. The molecule has 3 aromatic carbocycles. The van der Waals surface area contributed by atoms with Crippen LogP contribution in [0.5, 0.6) is 11.5 Å². The number of nitrogens with one attached hydrogen (secondary N) is 2. The molecule has 0 atom stereocenters. The van der Waals surface area contributed by atoms with E-state index in [0.29, 0.717) is 23.6 Å². The highest BCUT2D eigenvalue weighted by Gasteiger charge is 2.51. The van der Waals surface area contributed by atoms with Gasteiger partial charge in [-0.1, -0.05) is 24.3 Å². The Morgan fingerprint density at radius 1 is 1.03 bits per heavy atom. The number of ether oxygens (including phenoxy) is 2. The SMILES string of the molecule is Cc1ccc(NC(=O)C2(c3ccc4c(c3)OCO4)CC2)cc1-c1ccc(C(=O)NCCC#N)cc1.[HH]. The quantitative estimate of drug-likeness (QED) is 0.477. The Morgan fingerprint density at radius 3 is 2.54 bits per heavy atom. The van der Waals surface area contributed by atoms with Gasteiger partial charge in [-0.2, -0.15) is 5.26 Å². The molecule has 35 heavy (non-hydrogen) atoms. The highest BCUT2D eigenvalue weighted by Crippen LogP contribution is 2.51. The number of aryl methyl sites for hydroxylation is 1. The molecule has 1 saturated carbocycles. The van der Waals surface area contributed by atoms with Crippen molar-refractivity contribution < 1.29 is 20.5 Å². The molecule has 178 valence electrons. The molecule has 5 rings (SSSR count). The summed E-state index contributed by atoms with van der Waals surface area (Å²) in [6, 6.07) is 20.9. The largest absolute Gasteiger partial charge is 0.454 e. The minimum Gasteiger partial charge on any atom is -0.454 e. The summed E-state index contributed by atoms with van der Waals surface area (Å²) in [5.41, 5.74) is 4.64. The first-order valence-corrected chi connectivity index (χ1v) is 11.6. The zero-order chi connectivity index (χ0) is 24.4. The lowest BCUT2D eigenvalue weighted by Gasteiger charge is -2.17. The summed E-state index contributed by atoms with van der Waals surface area (Å²) in [5, 5.41) is 14.4. The number of rotatable bonds is 7. The van der Waals surface area contributed by atoms with Crippen molar-refractivity contribution in [3.05, 3.63) is 77.4 Å². The van der Waals surface area contributed by atoms with E-state index in [1.165, 1.54) is 0 Å². The first-order chi connectivity index (χ1) is 17.0. The number of hydrogen-bond acceptors (Lipinski definition) is 5. The predicted molar refractivity (Wildman–Crippen MR) is 133 cm³/mol. The number of hydrogen-bond donors (Lipinski definition) is 2. The molecule has 0 unspecified atom stereocenters. The van der Waals surface area contributed by atoms with Gasteiger partial charge in [0.25, 0.3) is 5.91 Å². The number of amides is 2. The standard InChI is InChI=1S/C28H25N3O4.H2/c1-18-3-9-22(16-23(18)19-4-6-20(7-5-19)26(32)30-14-2-13-29)31-27(33)28(11-12-28)21-8-10-24-25(15-21)35-17-34-24;/h3-10,15-16H,2,11-12,14,17H2,1H3,(H,30,32)(H,31,33);1H. The van der Waals surface area contributed by atoms with Gasteiger partial charge in [0, 0.05) is 19.2 Å². The van der Waals surface area contributed by atoms with Crippen LogP contribution < -0.4 is 20.1 Å². The van der Waals surface area contributed by atoms with Crippen molar-refractivity contribution in [2.45, 2.75) is 31.6 Å². The van der Waals surface area contributed by atoms with E-state index in [9.17, 15) is 9.59 Å². The van der Waals surface area contributed by atoms with E-state index < -0.39 is 5.41 Å². The van der Waals surface area contributed by atoms with E-state index in [-0.39, 0.29) is 26.5 Å². The minimum absolute atomic E-state index is 0. The lowest BCUT2D eigenvalue weighted by Crippen LogP contribution is -2.27. The summed E-state index contributed by atoms with van der Waals surface area (Å²) >= 11 is 0. The van der Waals surface area contributed by atoms with Crippen LogP contribution in [0.1, 0.15) is 42.2 Å². The van der Waals surface area contributed by atoms with Crippen LogP contribution in [0.3, 0.4) is 0 Å². The molecular weight excluding hydrogens is 442 g/mol. The van der Waals surface area contributed by atoms with Crippen molar-refractivity contribution >= 4 is 17.5 Å². The Bertz CT molecular complexity index is 1340. The molecule has 0 aromatic heterocycles. The normalized spacial score (nSPS) is 14.6. The molecule has 1 heterocycles. The molecule has 0 saturated heterocycles. The van der Waals surface area contributed by atoms with E-state index in [2.05, 4.69) is 10.6 Å². The maximum atomic E-state index is 13.3. The number of carbonyl (C=O) groups is 2. The Kier molecular flexibility index (Phi) is 5.87. The van der Waals surface area contributed by atoms with Gasteiger partial charge in [-0.3, -0.25) is 9.59 Å². The van der Waals surface area contributed by atoms with Crippen molar-refractivity contribution in [1.29, 1.82) is 5.26 Å². The molecule has 3 aromatic rings. The Labute approximate surface area is 205 Å². The first-order valence-electron chi connectivity index (χ1n) is 11.6. The fourth-order valence-electron chi connectivity index (χ4n) is 4.36. The van der Waals surface area contributed by atoms with Crippen molar-refractivity contribution in [3.63, 3.8) is 0 Å². The van der Waals surface area contributed by atoms with Crippen LogP contribution in [-0.4, -0.2) is 25.2 Å². The fraction of sp³-hybridized carbons (Fsp3) is 0.250. The molecule has 0 bridgehead atoms. The Hall–Kier alpha value is -4.31. The summed E-state index contributed by atoms with van der Waals surface area (Å²) in [6.45, 7) is 2.54. The first kappa shape index (κ1) is 22.5. The number of nitrogens with zero attached hydrogens (tertiary/aromatic N) is 1. The molecule has 7 heteroatoms. The third-order valence-electron chi connectivity index (χ3n) is 6.59. The average Bonchev–Trinajstić information content (AvgIpc) is 3.56. The number of benzene rings is 3. The number of fused-ring (bicyclic) bond motifs is 1. The zero-order valence-corrected chi connectivity index (χ0v) is 19.4. The zero-order valence-electron chi connectivity index (χ0n) is 19.4. The molecule has 2 N–H and O–H groups in total. The number of carbonyl (C=O) groups excluding carboxylic acids is 2. The monoisotopic (exact) mass is 469 g/mol.